The van der Waals surface area contributed by atoms with Gasteiger partial charge in [0.2, 0.25) is 0 Å². The second-order valence-corrected chi connectivity index (χ2v) is 4.03. The summed E-state index contributed by atoms with van der Waals surface area (Å²) in [7, 11) is 3.45. The Balaban J connectivity index is 2.41. The minimum atomic E-state index is -0.171. The molecule has 0 fully saturated rings. The van der Waals surface area contributed by atoms with E-state index in [1.54, 1.807) is 18.8 Å². The molecule has 0 aliphatic carbocycles. The van der Waals surface area contributed by atoms with Gasteiger partial charge in [-0.1, -0.05) is 11.6 Å². The fourth-order valence-corrected chi connectivity index (χ4v) is 1.74. The van der Waals surface area contributed by atoms with Crippen LogP contribution in [0.15, 0.2) is 11.1 Å². The van der Waals surface area contributed by atoms with Gasteiger partial charge in [0.15, 0.2) is 0 Å². The van der Waals surface area contributed by atoms with Gasteiger partial charge in [-0.15, -0.1) is 0 Å². The van der Waals surface area contributed by atoms with E-state index in [2.05, 4.69) is 10.2 Å². The maximum absolute atomic E-state index is 11.6. The summed E-state index contributed by atoms with van der Waals surface area (Å²) in [5.74, 6) is 0. The first-order valence-corrected chi connectivity index (χ1v) is 5.15. The summed E-state index contributed by atoms with van der Waals surface area (Å²) < 4.78 is 4.43. The number of nitrogens with zero attached hydrogens (tertiary/aromatic N) is 5. The first-order valence-electron chi connectivity index (χ1n) is 4.77. The molecule has 2 aromatic rings. The summed E-state index contributed by atoms with van der Waals surface area (Å²) in [6.45, 7) is 2.16. The Labute approximate surface area is 97.1 Å². The SMILES string of the molecule is Cc1nn(C)c(Cn2ncn(C)c2=O)c1Cl. The van der Waals surface area contributed by atoms with Crippen molar-refractivity contribution in [3.05, 3.63) is 33.2 Å². The zero-order valence-corrected chi connectivity index (χ0v) is 10.1. The lowest BCUT2D eigenvalue weighted by molar-refractivity contribution is 0.596. The maximum atomic E-state index is 11.6. The molecule has 0 saturated carbocycles. The van der Waals surface area contributed by atoms with E-state index in [0.29, 0.717) is 11.6 Å². The van der Waals surface area contributed by atoms with Crippen molar-refractivity contribution in [2.24, 2.45) is 14.1 Å². The Hall–Kier alpha value is -1.56. The van der Waals surface area contributed by atoms with Crippen molar-refractivity contribution < 1.29 is 0 Å². The molecule has 2 aromatic heterocycles. The summed E-state index contributed by atoms with van der Waals surface area (Å²) in [6, 6.07) is 0. The standard InChI is InChI=1S/C9H12ClN5O/c1-6-8(10)7(14(3)12-6)4-15-9(16)13(2)5-11-15/h5H,4H2,1-3H3. The molecule has 0 aliphatic rings. The van der Waals surface area contributed by atoms with Gasteiger partial charge in [0, 0.05) is 14.1 Å². The summed E-state index contributed by atoms with van der Waals surface area (Å²) in [5, 5.41) is 8.73. The Morgan fingerprint density at radius 2 is 2.12 bits per heavy atom. The smallest absolute Gasteiger partial charge is 0.285 e. The van der Waals surface area contributed by atoms with Crippen molar-refractivity contribution in [2.45, 2.75) is 13.5 Å². The largest absolute Gasteiger partial charge is 0.345 e. The molecule has 0 bridgehead atoms. The molecular formula is C9H12ClN5O. The van der Waals surface area contributed by atoms with Gasteiger partial charge >= 0.3 is 5.69 Å². The molecule has 2 rings (SSSR count). The first kappa shape index (κ1) is 10.9. The number of halogens is 1. The van der Waals surface area contributed by atoms with Crippen molar-refractivity contribution in [1.29, 1.82) is 0 Å². The van der Waals surface area contributed by atoms with Crippen molar-refractivity contribution >= 4 is 11.6 Å². The van der Waals surface area contributed by atoms with Crippen LogP contribution in [0.3, 0.4) is 0 Å². The minimum Gasteiger partial charge on any atom is -0.285 e. The molecule has 16 heavy (non-hydrogen) atoms. The molecule has 0 amide bonds. The van der Waals surface area contributed by atoms with E-state index < -0.39 is 0 Å². The minimum absolute atomic E-state index is 0.171. The topological polar surface area (TPSA) is 57.6 Å². The Morgan fingerprint density at radius 3 is 2.56 bits per heavy atom. The molecule has 0 aliphatic heterocycles. The van der Waals surface area contributed by atoms with Gasteiger partial charge in [-0.2, -0.15) is 10.2 Å². The lowest BCUT2D eigenvalue weighted by Crippen LogP contribution is -2.24. The predicted molar refractivity (Wildman–Crippen MR) is 59.5 cm³/mol. The second kappa shape index (κ2) is 3.79. The molecule has 0 radical (unpaired) electrons. The highest BCUT2D eigenvalue weighted by atomic mass is 35.5. The van der Waals surface area contributed by atoms with Crippen LogP contribution in [0.5, 0.6) is 0 Å². The number of rotatable bonds is 2. The quantitative estimate of drug-likeness (QED) is 0.761. The van der Waals surface area contributed by atoms with E-state index in [1.165, 1.54) is 15.6 Å². The molecule has 2 heterocycles. The van der Waals surface area contributed by atoms with Crippen LogP contribution in [-0.2, 0) is 20.6 Å². The third kappa shape index (κ3) is 1.65. The summed E-state index contributed by atoms with van der Waals surface area (Å²) in [6.07, 6.45) is 1.47. The number of hydrogen-bond donors (Lipinski definition) is 0. The van der Waals surface area contributed by atoms with Crippen molar-refractivity contribution in [3.8, 4) is 0 Å². The molecule has 0 saturated heterocycles. The van der Waals surface area contributed by atoms with Gasteiger partial charge in [0.25, 0.3) is 0 Å². The highest BCUT2D eigenvalue weighted by molar-refractivity contribution is 6.31. The monoisotopic (exact) mass is 241 g/mol. The van der Waals surface area contributed by atoms with Crippen LogP contribution < -0.4 is 5.69 Å². The number of aromatic nitrogens is 5. The Bertz CT molecular complexity index is 579. The summed E-state index contributed by atoms with van der Waals surface area (Å²) in [4.78, 5) is 11.6. The average Bonchev–Trinajstić information content (AvgIpc) is 2.66. The fourth-order valence-electron chi connectivity index (χ4n) is 1.52. The lowest BCUT2D eigenvalue weighted by Gasteiger charge is -2.01. The normalized spacial score (nSPS) is 11.0. The number of hydrogen-bond acceptors (Lipinski definition) is 3. The molecule has 7 heteroatoms. The van der Waals surface area contributed by atoms with E-state index in [-0.39, 0.29) is 5.69 Å². The van der Waals surface area contributed by atoms with Crippen LogP contribution in [0.2, 0.25) is 5.02 Å². The van der Waals surface area contributed by atoms with Gasteiger partial charge in [0.1, 0.15) is 6.33 Å². The lowest BCUT2D eigenvalue weighted by atomic mass is 10.3. The van der Waals surface area contributed by atoms with E-state index >= 15 is 0 Å². The van der Waals surface area contributed by atoms with E-state index in [4.69, 9.17) is 11.6 Å². The molecule has 0 atom stereocenters. The first-order chi connectivity index (χ1) is 7.50. The highest BCUT2D eigenvalue weighted by Gasteiger charge is 2.13. The maximum Gasteiger partial charge on any atom is 0.345 e. The zero-order chi connectivity index (χ0) is 11.9. The molecular weight excluding hydrogens is 230 g/mol. The third-order valence-electron chi connectivity index (χ3n) is 2.45. The van der Waals surface area contributed by atoms with Gasteiger partial charge < -0.3 is 0 Å². The molecule has 0 aromatic carbocycles. The molecule has 6 nitrogen and oxygen atoms in total. The molecule has 0 N–H and O–H groups in total. The number of aryl methyl sites for hydroxylation is 3. The molecule has 86 valence electrons. The molecule has 0 unspecified atom stereocenters. The van der Waals surface area contributed by atoms with Crippen LogP contribution in [0.25, 0.3) is 0 Å². The van der Waals surface area contributed by atoms with E-state index in [1.807, 2.05) is 6.92 Å². The van der Waals surface area contributed by atoms with Crippen LogP contribution in [0.4, 0.5) is 0 Å². The molecule has 0 spiro atoms. The summed E-state index contributed by atoms with van der Waals surface area (Å²) >= 11 is 6.09. The Morgan fingerprint density at radius 1 is 1.44 bits per heavy atom. The fraction of sp³-hybridized carbons (Fsp3) is 0.444. The predicted octanol–water partition coefficient (Wildman–Crippen LogP) is 0.325. The average molecular weight is 242 g/mol. The van der Waals surface area contributed by atoms with Gasteiger partial charge in [-0.3, -0.25) is 9.25 Å². The van der Waals surface area contributed by atoms with Crippen LogP contribution >= 0.6 is 11.6 Å². The van der Waals surface area contributed by atoms with Gasteiger partial charge in [0.05, 0.1) is 23.0 Å². The van der Waals surface area contributed by atoms with Crippen molar-refractivity contribution in [1.82, 2.24) is 24.1 Å². The van der Waals surface area contributed by atoms with Crippen LogP contribution in [0, 0.1) is 6.92 Å². The van der Waals surface area contributed by atoms with Crippen molar-refractivity contribution in [2.75, 3.05) is 0 Å². The highest BCUT2D eigenvalue weighted by Crippen LogP contribution is 2.19. The van der Waals surface area contributed by atoms with Crippen LogP contribution in [-0.4, -0.2) is 24.1 Å². The third-order valence-corrected chi connectivity index (χ3v) is 2.94. The van der Waals surface area contributed by atoms with E-state index in [9.17, 15) is 4.79 Å². The van der Waals surface area contributed by atoms with E-state index in [0.717, 1.165) is 11.4 Å². The van der Waals surface area contributed by atoms with Gasteiger partial charge in [-0.05, 0) is 6.92 Å². The van der Waals surface area contributed by atoms with Crippen molar-refractivity contribution in [3.63, 3.8) is 0 Å². The van der Waals surface area contributed by atoms with Gasteiger partial charge in [-0.25, -0.2) is 9.48 Å². The Kier molecular flexibility index (Phi) is 2.59. The van der Waals surface area contributed by atoms with Crippen LogP contribution in [0.1, 0.15) is 11.4 Å². The zero-order valence-electron chi connectivity index (χ0n) is 9.31. The second-order valence-electron chi connectivity index (χ2n) is 3.65. The summed E-state index contributed by atoms with van der Waals surface area (Å²) in [5.41, 5.74) is 1.36.